The molecule has 186 valence electrons. The van der Waals surface area contributed by atoms with Gasteiger partial charge in [-0.2, -0.15) is 0 Å². The summed E-state index contributed by atoms with van der Waals surface area (Å²) in [6.45, 7) is 11.2. The van der Waals surface area contributed by atoms with Gasteiger partial charge in [-0.1, -0.05) is 105 Å². The monoisotopic (exact) mass is 448 g/mol. The van der Waals surface area contributed by atoms with E-state index in [2.05, 4.69) is 39.8 Å². The zero-order valence-corrected chi connectivity index (χ0v) is 21.8. The molecule has 0 aliphatic rings. The van der Waals surface area contributed by atoms with E-state index in [4.69, 9.17) is 14.2 Å². The SMILES string of the molecule is CCCCCCCOc1cc(CC)cc(OCCCCCCC)c1OCCCCCCC. The fourth-order valence-corrected chi connectivity index (χ4v) is 3.85. The predicted octanol–water partition coefficient (Wildman–Crippen LogP) is 9.30. The van der Waals surface area contributed by atoms with Crippen molar-refractivity contribution in [1.82, 2.24) is 0 Å². The largest absolute Gasteiger partial charge is 0.490 e. The van der Waals surface area contributed by atoms with E-state index in [1.54, 1.807) is 0 Å². The van der Waals surface area contributed by atoms with Gasteiger partial charge in [-0.15, -0.1) is 0 Å². The number of benzene rings is 1. The number of hydrogen-bond acceptors (Lipinski definition) is 3. The molecule has 0 aromatic heterocycles. The fourth-order valence-electron chi connectivity index (χ4n) is 3.85. The van der Waals surface area contributed by atoms with Crippen LogP contribution in [0.3, 0.4) is 0 Å². The van der Waals surface area contributed by atoms with Gasteiger partial charge in [0.25, 0.3) is 0 Å². The van der Waals surface area contributed by atoms with Crippen LogP contribution in [0.2, 0.25) is 0 Å². The highest BCUT2D eigenvalue weighted by atomic mass is 16.5. The van der Waals surface area contributed by atoms with Crippen molar-refractivity contribution in [1.29, 1.82) is 0 Å². The Kier molecular flexibility index (Phi) is 18.1. The molecular weight excluding hydrogens is 396 g/mol. The highest BCUT2D eigenvalue weighted by Gasteiger charge is 2.15. The molecule has 3 heteroatoms. The molecule has 0 aliphatic heterocycles. The normalized spacial score (nSPS) is 11.0. The fraction of sp³-hybridized carbons (Fsp3) is 0.793. The molecule has 0 saturated heterocycles. The smallest absolute Gasteiger partial charge is 0.203 e. The van der Waals surface area contributed by atoms with Crippen LogP contribution in [-0.2, 0) is 6.42 Å². The second-order valence-electron chi connectivity index (χ2n) is 9.06. The first-order chi connectivity index (χ1) is 15.8. The molecule has 3 nitrogen and oxygen atoms in total. The van der Waals surface area contributed by atoms with E-state index in [1.165, 1.54) is 82.6 Å². The lowest BCUT2D eigenvalue weighted by molar-refractivity contribution is 0.234. The van der Waals surface area contributed by atoms with Crippen molar-refractivity contribution < 1.29 is 14.2 Å². The maximum Gasteiger partial charge on any atom is 0.203 e. The number of ether oxygens (including phenoxy) is 3. The van der Waals surface area contributed by atoms with Crippen molar-refractivity contribution in [3.8, 4) is 17.2 Å². The van der Waals surface area contributed by atoms with Gasteiger partial charge in [-0.3, -0.25) is 0 Å². The van der Waals surface area contributed by atoms with E-state index in [0.717, 1.165) is 62.8 Å². The third-order valence-electron chi connectivity index (χ3n) is 5.99. The molecule has 0 fully saturated rings. The second-order valence-corrected chi connectivity index (χ2v) is 9.06. The molecule has 0 spiro atoms. The molecule has 0 saturated carbocycles. The first kappa shape index (κ1) is 28.7. The Morgan fingerprint density at radius 2 is 0.844 bits per heavy atom. The van der Waals surface area contributed by atoms with E-state index in [-0.39, 0.29) is 0 Å². The van der Waals surface area contributed by atoms with Gasteiger partial charge in [0.15, 0.2) is 11.5 Å². The molecule has 0 N–H and O–H groups in total. The van der Waals surface area contributed by atoms with Crippen LogP contribution >= 0.6 is 0 Å². The molecule has 0 aliphatic carbocycles. The summed E-state index contributed by atoms with van der Waals surface area (Å²) in [6.07, 6.45) is 19.6. The summed E-state index contributed by atoms with van der Waals surface area (Å²) in [4.78, 5) is 0. The Labute approximate surface area is 199 Å². The summed E-state index contributed by atoms with van der Waals surface area (Å²) in [5.41, 5.74) is 1.25. The first-order valence-corrected chi connectivity index (χ1v) is 13.8. The zero-order valence-electron chi connectivity index (χ0n) is 21.8. The van der Waals surface area contributed by atoms with Gasteiger partial charge < -0.3 is 14.2 Å². The molecule has 0 heterocycles. The number of aryl methyl sites for hydroxylation is 1. The van der Waals surface area contributed by atoms with Gasteiger partial charge in [0.05, 0.1) is 19.8 Å². The highest BCUT2D eigenvalue weighted by Crippen LogP contribution is 2.39. The summed E-state index contributed by atoms with van der Waals surface area (Å²) in [6, 6.07) is 4.32. The molecule has 0 unspecified atom stereocenters. The van der Waals surface area contributed by atoms with Gasteiger partial charge in [0, 0.05) is 0 Å². The summed E-state index contributed by atoms with van der Waals surface area (Å²) in [5.74, 6) is 2.56. The van der Waals surface area contributed by atoms with Crippen LogP contribution in [0.25, 0.3) is 0 Å². The Balaban J connectivity index is 2.74. The molecule has 0 bridgehead atoms. The molecule has 1 aromatic rings. The van der Waals surface area contributed by atoms with Crippen molar-refractivity contribution >= 4 is 0 Å². The molecule has 0 atom stereocenters. The predicted molar refractivity (Wildman–Crippen MR) is 139 cm³/mol. The van der Waals surface area contributed by atoms with E-state index >= 15 is 0 Å². The summed E-state index contributed by atoms with van der Waals surface area (Å²) >= 11 is 0. The number of hydrogen-bond donors (Lipinski definition) is 0. The minimum absolute atomic E-state index is 0.731. The van der Waals surface area contributed by atoms with Crippen LogP contribution in [0.1, 0.15) is 130 Å². The second kappa shape index (κ2) is 20.2. The number of rotatable bonds is 22. The van der Waals surface area contributed by atoms with Crippen molar-refractivity contribution in [2.45, 2.75) is 130 Å². The Morgan fingerprint density at radius 1 is 0.469 bits per heavy atom. The van der Waals surface area contributed by atoms with E-state index in [1.807, 2.05) is 0 Å². The number of unbranched alkanes of at least 4 members (excludes halogenated alkanes) is 12. The van der Waals surface area contributed by atoms with Crippen LogP contribution in [-0.4, -0.2) is 19.8 Å². The van der Waals surface area contributed by atoms with Crippen LogP contribution in [0.4, 0.5) is 0 Å². The maximum absolute atomic E-state index is 6.29. The molecule has 1 aromatic carbocycles. The van der Waals surface area contributed by atoms with Crippen LogP contribution in [0, 0.1) is 0 Å². The average Bonchev–Trinajstić information content (AvgIpc) is 2.81. The summed E-state index contributed by atoms with van der Waals surface area (Å²) < 4.78 is 18.8. The lowest BCUT2D eigenvalue weighted by Crippen LogP contribution is -2.07. The Hall–Kier alpha value is -1.38. The first-order valence-electron chi connectivity index (χ1n) is 13.8. The molecule has 0 amide bonds. The van der Waals surface area contributed by atoms with Gasteiger partial charge in [0.1, 0.15) is 0 Å². The Morgan fingerprint density at radius 3 is 1.22 bits per heavy atom. The van der Waals surface area contributed by atoms with E-state index in [9.17, 15) is 0 Å². The topological polar surface area (TPSA) is 27.7 Å². The summed E-state index contributed by atoms with van der Waals surface area (Å²) in [5, 5.41) is 0. The third kappa shape index (κ3) is 13.2. The highest BCUT2D eigenvalue weighted by molar-refractivity contribution is 5.54. The lowest BCUT2D eigenvalue weighted by atomic mass is 10.1. The maximum atomic E-state index is 6.29. The van der Waals surface area contributed by atoms with Crippen LogP contribution < -0.4 is 14.2 Å². The zero-order chi connectivity index (χ0) is 23.3. The quantitative estimate of drug-likeness (QED) is 0.165. The standard InChI is InChI=1S/C29H52O3/c1-5-9-12-15-18-21-30-27-24-26(8-4)25-28(31-22-19-16-13-10-6-2)29(27)32-23-20-17-14-11-7-3/h24-25H,5-23H2,1-4H3. The average molecular weight is 449 g/mol. The van der Waals surface area contributed by atoms with Crippen molar-refractivity contribution in [3.63, 3.8) is 0 Å². The van der Waals surface area contributed by atoms with Crippen molar-refractivity contribution in [2.24, 2.45) is 0 Å². The minimum atomic E-state index is 0.731. The minimum Gasteiger partial charge on any atom is -0.490 e. The van der Waals surface area contributed by atoms with Gasteiger partial charge in [-0.25, -0.2) is 0 Å². The van der Waals surface area contributed by atoms with Crippen LogP contribution in [0.5, 0.6) is 17.2 Å². The third-order valence-corrected chi connectivity index (χ3v) is 5.99. The van der Waals surface area contributed by atoms with E-state index in [0.29, 0.717) is 0 Å². The molecular formula is C29H52O3. The molecule has 1 rings (SSSR count). The van der Waals surface area contributed by atoms with Gasteiger partial charge >= 0.3 is 0 Å². The molecule has 0 radical (unpaired) electrons. The van der Waals surface area contributed by atoms with Gasteiger partial charge in [0.2, 0.25) is 5.75 Å². The van der Waals surface area contributed by atoms with Gasteiger partial charge in [-0.05, 0) is 43.4 Å². The lowest BCUT2D eigenvalue weighted by Gasteiger charge is -2.19. The van der Waals surface area contributed by atoms with Crippen molar-refractivity contribution in [3.05, 3.63) is 17.7 Å². The Bertz CT molecular complexity index is 518. The van der Waals surface area contributed by atoms with Crippen LogP contribution in [0.15, 0.2) is 12.1 Å². The van der Waals surface area contributed by atoms with E-state index < -0.39 is 0 Å². The molecule has 32 heavy (non-hydrogen) atoms. The van der Waals surface area contributed by atoms with Crippen molar-refractivity contribution in [2.75, 3.05) is 19.8 Å². The summed E-state index contributed by atoms with van der Waals surface area (Å²) in [7, 11) is 0.